The summed E-state index contributed by atoms with van der Waals surface area (Å²) in [5, 5.41) is 4.71. The van der Waals surface area contributed by atoms with Crippen molar-refractivity contribution in [2.75, 3.05) is 19.8 Å². The maximum atomic E-state index is 5.46. The lowest BCUT2D eigenvalue weighted by molar-refractivity contribution is 0.0769. The van der Waals surface area contributed by atoms with Crippen molar-refractivity contribution in [3.05, 3.63) is 36.0 Å². The summed E-state index contributed by atoms with van der Waals surface area (Å²) < 4.78 is 5.46. The Morgan fingerprint density at radius 3 is 3.13 bits per heavy atom. The van der Waals surface area contributed by atoms with Gasteiger partial charge < -0.3 is 15.0 Å². The number of aromatic amines is 1. The fourth-order valence-electron chi connectivity index (χ4n) is 2.06. The average molecular weight is 202 g/mol. The lowest BCUT2D eigenvalue weighted by atomic mass is 10.1. The van der Waals surface area contributed by atoms with Crippen LogP contribution in [0.15, 0.2) is 30.5 Å². The molecule has 3 nitrogen and oxygen atoms in total. The molecule has 2 N–H and O–H groups in total. The van der Waals surface area contributed by atoms with E-state index < -0.39 is 0 Å². The number of H-pyrrole nitrogens is 1. The molecule has 1 fully saturated rings. The van der Waals surface area contributed by atoms with Gasteiger partial charge in [0, 0.05) is 18.3 Å². The number of nitrogens with one attached hydrogen (secondary N) is 2. The highest BCUT2D eigenvalue weighted by atomic mass is 16.5. The van der Waals surface area contributed by atoms with Crippen LogP contribution in [-0.4, -0.2) is 24.7 Å². The second-order valence-electron chi connectivity index (χ2n) is 3.91. The molecule has 1 atom stereocenters. The average Bonchev–Trinajstić information content (AvgIpc) is 2.77. The summed E-state index contributed by atoms with van der Waals surface area (Å²) in [5.41, 5.74) is 2.49. The second kappa shape index (κ2) is 3.68. The van der Waals surface area contributed by atoms with Gasteiger partial charge in [0.2, 0.25) is 0 Å². The van der Waals surface area contributed by atoms with Crippen LogP contribution in [0, 0.1) is 0 Å². The van der Waals surface area contributed by atoms with E-state index in [4.69, 9.17) is 4.74 Å². The van der Waals surface area contributed by atoms with E-state index in [9.17, 15) is 0 Å². The molecule has 0 spiro atoms. The Morgan fingerprint density at radius 1 is 1.27 bits per heavy atom. The van der Waals surface area contributed by atoms with Gasteiger partial charge in [0.25, 0.3) is 0 Å². The number of morpholine rings is 1. The van der Waals surface area contributed by atoms with Crippen molar-refractivity contribution in [2.24, 2.45) is 0 Å². The first-order chi connectivity index (χ1) is 7.43. The highest BCUT2D eigenvalue weighted by Crippen LogP contribution is 2.20. The van der Waals surface area contributed by atoms with Crippen molar-refractivity contribution in [1.29, 1.82) is 0 Å². The zero-order valence-corrected chi connectivity index (χ0v) is 8.49. The smallest absolute Gasteiger partial charge is 0.0662 e. The molecule has 3 heteroatoms. The van der Waals surface area contributed by atoms with Crippen molar-refractivity contribution < 1.29 is 4.74 Å². The van der Waals surface area contributed by atoms with Crippen LogP contribution in [0.25, 0.3) is 10.9 Å². The van der Waals surface area contributed by atoms with Crippen LogP contribution in [0.4, 0.5) is 0 Å². The van der Waals surface area contributed by atoms with Crippen LogP contribution in [0.5, 0.6) is 0 Å². The van der Waals surface area contributed by atoms with Gasteiger partial charge in [0.1, 0.15) is 0 Å². The number of benzene rings is 1. The zero-order chi connectivity index (χ0) is 10.1. The fraction of sp³-hybridized carbons (Fsp3) is 0.333. The molecule has 2 aromatic rings. The first kappa shape index (κ1) is 8.95. The first-order valence-corrected chi connectivity index (χ1v) is 5.32. The van der Waals surface area contributed by atoms with Gasteiger partial charge in [-0.05, 0) is 23.1 Å². The quantitative estimate of drug-likeness (QED) is 0.740. The van der Waals surface area contributed by atoms with Gasteiger partial charge in [-0.3, -0.25) is 0 Å². The second-order valence-corrected chi connectivity index (χ2v) is 3.91. The lowest BCUT2D eigenvalue weighted by Gasteiger charge is -2.24. The highest BCUT2D eigenvalue weighted by molar-refractivity contribution is 5.79. The lowest BCUT2D eigenvalue weighted by Crippen LogP contribution is -2.34. The SMILES string of the molecule is c1cc2ccc([C@H]3COCCN3)cc2[nH]1. The summed E-state index contributed by atoms with van der Waals surface area (Å²) in [5.74, 6) is 0. The van der Waals surface area contributed by atoms with Gasteiger partial charge in [-0.2, -0.15) is 0 Å². The Hall–Kier alpha value is -1.32. The van der Waals surface area contributed by atoms with Crippen molar-refractivity contribution in [2.45, 2.75) is 6.04 Å². The minimum absolute atomic E-state index is 0.339. The Labute approximate surface area is 88.4 Å². The molecule has 0 aliphatic carbocycles. The van der Waals surface area contributed by atoms with Crippen LogP contribution in [0.2, 0.25) is 0 Å². The van der Waals surface area contributed by atoms with Crippen LogP contribution < -0.4 is 5.32 Å². The van der Waals surface area contributed by atoms with E-state index in [1.807, 2.05) is 6.20 Å². The molecular formula is C12H14N2O. The Balaban J connectivity index is 1.95. The van der Waals surface area contributed by atoms with Gasteiger partial charge >= 0.3 is 0 Å². The Morgan fingerprint density at radius 2 is 2.27 bits per heavy atom. The molecule has 1 aromatic carbocycles. The monoisotopic (exact) mass is 202 g/mol. The van der Waals surface area contributed by atoms with E-state index in [0.717, 1.165) is 19.8 Å². The highest BCUT2D eigenvalue weighted by Gasteiger charge is 2.15. The van der Waals surface area contributed by atoms with E-state index in [1.165, 1.54) is 16.5 Å². The molecule has 15 heavy (non-hydrogen) atoms. The molecule has 1 aliphatic rings. The summed E-state index contributed by atoms with van der Waals surface area (Å²) in [6, 6.07) is 8.94. The third-order valence-corrected chi connectivity index (χ3v) is 2.90. The van der Waals surface area contributed by atoms with Gasteiger partial charge in [-0.15, -0.1) is 0 Å². The first-order valence-electron chi connectivity index (χ1n) is 5.32. The van der Waals surface area contributed by atoms with Crippen LogP contribution in [0.1, 0.15) is 11.6 Å². The standard InChI is InChI=1S/C12H14N2O/c1-2-10(12-8-15-6-5-14-12)7-11-9(1)3-4-13-11/h1-4,7,12-14H,5-6,8H2/t12-/m1/s1. The zero-order valence-electron chi connectivity index (χ0n) is 8.49. The fourth-order valence-corrected chi connectivity index (χ4v) is 2.06. The minimum Gasteiger partial charge on any atom is -0.378 e. The molecular weight excluding hydrogens is 188 g/mol. The van der Waals surface area contributed by atoms with Crippen molar-refractivity contribution in [3.63, 3.8) is 0 Å². The third kappa shape index (κ3) is 1.64. The molecule has 0 amide bonds. The Kier molecular flexibility index (Phi) is 2.19. The van der Waals surface area contributed by atoms with Crippen LogP contribution in [-0.2, 0) is 4.74 Å². The van der Waals surface area contributed by atoms with Crippen molar-refractivity contribution in [1.82, 2.24) is 10.3 Å². The summed E-state index contributed by atoms with van der Waals surface area (Å²) >= 11 is 0. The number of fused-ring (bicyclic) bond motifs is 1. The molecule has 0 radical (unpaired) electrons. The molecule has 1 aliphatic heterocycles. The van der Waals surface area contributed by atoms with Gasteiger partial charge in [-0.25, -0.2) is 0 Å². The molecule has 1 saturated heterocycles. The Bertz CT molecular complexity index is 457. The molecule has 0 bridgehead atoms. The van der Waals surface area contributed by atoms with Crippen LogP contribution in [0.3, 0.4) is 0 Å². The molecule has 0 saturated carbocycles. The minimum atomic E-state index is 0.339. The van der Waals surface area contributed by atoms with Gasteiger partial charge in [0.05, 0.1) is 19.3 Å². The van der Waals surface area contributed by atoms with E-state index >= 15 is 0 Å². The molecule has 3 rings (SSSR count). The summed E-state index contributed by atoms with van der Waals surface area (Å²) in [6.07, 6.45) is 1.97. The maximum absolute atomic E-state index is 5.46. The van der Waals surface area contributed by atoms with E-state index in [2.05, 4.69) is 34.6 Å². The number of aromatic nitrogens is 1. The largest absolute Gasteiger partial charge is 0.378 e. The summed E-state index contributed by atoms with van der Waals surface area (Å²) in [6.45, 7) is 2.53. The predicted molar refractivity (Wildman–Crippen MR) is 59.9 cm³/mol. The maximum Gasteiger partial charge on any atom is 0.0662 e. The molecule has 2 heterocycles. The molecule has 0 unspecified atom stereocenters. The van der Waals surface area contributed by atoms with E-state index in [-0.39, 0.29) is 0 Å². The predicted octanol–water partition coefficient (Wildman–Crippen LogP) is 1.83. The number of ether oxygens (including phenoxy) is 1. The summed E-state index contributed by atoms with van der Waals surface area (Å²) in [4.78, 5) is 3.23. The molecule has 1 aromatic heterocycles. The topological polar surface area (TPSA) is 37.0 Å². The normalized spacial score (nSPS) is 22.0. The third-order valence-electron chi connectivity index (χ3n) is 2.90. The summed E-state index contributed by atoms with van der Waals surface area (Å²) in [7, 11) is 0. The van der Waals surface area contributed by atoms with E-state index in [0.29, 0.717) is 6.04 Å². The van der Waals surface area contributed by atoms with Crippen molar-refractivity contribution >= 4 is 10.9 Å². The molecule has 78 valence electrons. The number of hydrogen-bond acceptors (Lipinski definition) is 2. The number of hydrogen-bond donors (Lipinski definition) is 2. The van der Waals surface area contributed by atoms with Gasteiger partial charge in [0.15, 0.2) is 0 Å². The van der Waals surface area contributed by atoms with Crippen molar-refractivity contribution in [3.8, 4) is 0 Å². The van der Waals surface area contributed by atoms with Crippen LogP contribution >= 0.6 is 0 Å². The van der Waals surface area contributed by atoms with E-state index in [1.54, 1.807) is 0 Å². The number of rotatable bonds is 1. The van der Waals surface area contributed by atoms with Gasteiger partial charge in [-0.1, -0.05) is 12.1 Å².